The number of hydrogen-bond acceptors (Lipinski definition) is 3. The molecule has 1 heterocycles. The van der Waals surface area contributed by atoms with E-state index in [0.29, 0.717) is 13.1 Å². The molecule has 0 unspecified atom stereocenters. The Balaban J connectivity index is 2.41. The number of nitrogens with zero attached hydrogens (tertiary/aromatic N) is 2. The van der Waals surface area contributed by atoms with Crippen molar-refractivity contribution < 1.29 is 14.3 Å². The minimum absolute atomic E-state index is 0.0359. The summed E-state index contributed by atoms with van der Waals surface area (Å²) in [6.45, 7) is 9.98. The van der Waals surface area contributed by atoms with E-state index in [0.717, 1.165) is 0 Å². The highest BCUT2D eigenvalue weighted by Crippen LogP contribution is 2.17. The molecule has 0 radical (unpaired) electrons. The Hall–Kier alpha value is -1.52. The van der Waals surface area contributed by atoms with Gasteiger partial charge in [-0.05, 0) is 26.8 Å². The zero-order valence-corrected chi connectivity index (χ0v) is 10.9. The van der Waals surface area contributed by atoms with Crippen LogP contribution in [0.4, 0.5) is 4.79 Å². The maximum absolute atomic E-state index is 11.7. The van der Waals surface area contributed by atoms with Crippen molar-refractivity contribution in [2.24, 2.45) is 0 Å². The predicted molar refractivity (Wildman–Crippen MR) is 64.6 cm³/mol. The summed E-state index contributed by atoms with van der Waals surface area (Å²) in [5.74, 6) is -0.0983. The van der Waals surface area contributed by atoms with Crippen molar-refractivity contribution in [3.63, 3.8) is 0 Å². The van der Waals surface area contributed by atoms with Crippen molar-refractivity contribution in [3.05, 3.63) is 12.7 Å². The van der Waals surface area contributed by atoms with Crippen LogP contribution in [0.25, 0.3) is 0 Å². The Bertz CT molecular complexity index is 327. The molecule has 0 saturated carbocycles. The second-order valence-corrected chi connectivity index (χ2v) is 5.19. The quantitative estimate of drug-likeness (QED) is 0.683. The van der Waals surface area contributed by atoms with E-state index in [1.54, 1.807) is 11.9 Å². The normalized spacial score (nSPS) is 16.1. The molecular weight excluding hydrogens is 220 g/mol. The lowest BCUT2D eigenvalue weighted by molar-refractivity contribution is -0.132. The number of likely N-dealkylation sites (N-methyl/N-ethyl adjacent to an activating group) is 1. The van der Waals surface area contributed by atoms with E-state index in [1.807, 2.05) is 20.8 Å². The number of rotatable bonds is 2. The van der Waals surface area contributed by atoms with Gasteiger partial charge in [-0.3, -0.25) is 4.79 Å². The van der Waals surface area contributed by atoms with E-state index in [9.17, 15) is 9.59 Å². The summed E-state index contributed by atoms with van der Waals surface area (Å²) in [5, 5.41) is 0. The highest BCUT2D eigenvalue weighted by molar-refractivity contribution is 5.87. The number of likely N-dealkylation sites (tertiary alicyclic amines) is 1. The third-order valence-corrected chi connectivity index (χ3v) is 2.58. The van der Waals surface area contributed by atoms with Crippen LogP contribution in [0.3, 0.4) is 0 Å². The Kier molecular flexibility index (Phi) is 3.80. The Labute approximate surface area is 102 Å². The average Bonchev–Trinajstić information content (AvgIpc) is 2.12. The van der Waals surface area contributed by atoms with Crippen LogP contribution in [-0.2, 0) is 9.53 Å². The van der Waals surface area contributed by atoms with Crippen LogP contribution in [0.15, 0.2) is 12.7 Å². The van der Waals surface area contributed by atoms with Crippen molar-refractivity contribution in [1.82, 2.24) is 9.80 Å². The molecule has 0 bridgehead atoms. The predicted octanol–water partition coefficient (Wildman–Crippen LogP) is 1.25. The third kappa shape index (κ3) is 3.47. The van der Waals surface area contributed by atoms with Gasteiger partial charge in [-0.25, -0.2) is 4.79 Å². The second kappa shape index (κ2) is 4.77. The van der Waals surface area contributed by atoms with Gasteiger partial charge >= 0.3 is 6.09 Å². The minimum atomic E-state index is -0.494. The topological polar surface area (TPSA) is 49.9 Å². The van der Waals surface area contributed by atoms with Crippen LogP contribution in [0.5, 0.6) is 0 Å². The molecule has 1 fully saturated rings. The molecule has 5 nitrogen and oxygen atoms in total. The smallest absolute Gasteiger partial charge is 0.410 e. The molecule has 1 aliphatic heterocycles. The number of amides is 2. The first kappa shape index (κ1) is 13.5. The monoisotopic (exact) mass is 240 g/mol. The fourth-order valence-electron chi connectivity index (χ4n) is 1.49. The largest absolute Gasteiger partial charge is 0.444 e. The van der Waals surface area contributed by atoms with Gasteiger partial charge in [0.25, 0.3) is 0 Å². The number of hydrogen-bond donors (Lipinski definition) is 0. The summed E-state index contributed by atoms with van der Waals surface area (Å²) >= 11 is 0. The van der Waals surface area contributed by atoms with E-state index in [2.05, 4.69) is 6.58 Å². The first-order valence-corrected chi connectivity index (χ1v) is 5.61. The maximum atomic E-state index is 11.7. The SMILES string of the molecule is C=CC(=O)N1CC(N(C)C(=O)OC(C)(C)C)C1. The summed E-state index contributed by atoms with van der Waals surface area (Å²) < 4.78 is 5.24. The molecule has 0 aromatic heterocycles. The van der Waals surface area contributed by atoms with Crippen LogP contribution in [-0.4, -0.2) is 53.6 Å². The van der Waals surface area contributed by atoms with Gasteiger partial charge in [-0.15, -0.1) is 0 Å². The molecule has 0 atom stereocenters. The molecular formula is C12H20N2O3. The van der Waals surface area contributed by atoms with Crippen molar-refractivity contribution in [1.29, 1.82) is 0 Å². The van der Waals surface area contributed by atoms with Gasteiger partial charge in [-0.2, -0.15) is 0 Å². The zero-order valence-electron chi connectivity index (χ0n) is 10.9. The maximum Gasteiger partial charge on any atom is 0.410 e. The minimum Gasteiger partial charge on any atom is -0.444 e. The highest BCUT2D eigenvalue weighted by Gasteiger charge is 2.35. The van der Waals surface area contributed by atoms with E-state index < -0.39 is 5.60 Å². The second-order valence-electron chi connectivity index (χ2n) is 5.19. The van der Waals surface area contributed by atoms with Gasteiger partial charge in [0.15, 0.2) is 0 Å². The molecule has 1 aliphatic rings. The lowest BCUT2D eigenvalue weighted by Crippen LogP contribution is -2.61. The van der Waals surface area contributed by atoms with Crippen LogP contribution in [0.2, 0.25) is 0 Å². The Morgan fingerprint density at radius 2 is 1.94 bits per heavy atom. The van der Waals surface area contributed by atoms with Gasteiger partial charge in [-0.1, -0.05) is 6.58 Å². The summed E-state index contributed by atoms with van der Waals surface area (Å²) in [6, 6.07) is 0.0359. The van der Waals surface area contributed by atoms with E-state index in [4.69, 9.17) is 4.74 Å². The van der Waals surface area contributed by atoms with E-state index in [-0.39, 0.29) is 18.0 Å². The highest BCUT2D eigenvalue weighted by atomic mass is 16.6. The molecule has 0 spiro atoms. The van der Waals surface area contributed by atoms with Crippen LogP contribution in [0, 0.1) is 0 Å². The number of carbonyl (C=O) groups is 2. The molecule has 1 saturated heterocycles. The van der Waals surface area contributed by atoms with E-state index >= 15 is 0 Å². The van der Waals surface area contributed by atoms with E-state index in [1.165, 1.54) is 11.0 Å². The average molecular weight is 240 g/mol. The molecule has 0 aromatic rings. The Morgan fingerprint density at radius 1 is 1.41 bits per heavy atom. The fourth-order valence-corrected chi connectivity index (χ4v) is 1.49. The molecule has 0 aromatic carbocycles. The van der Waals surface area contributed by atoms with Crippen molar-refractivity contribution in [2.75, 3.05) is 20.1 Å². The molecule has 96 valence electrons. The summed E-state index contributed by atoms with van der Waals surface area (Å²) in [5.41, 5.74) is -0.494. The lowest BCUT2D eigenvalue weighted by atomic mass is 10.1. The summed E-state index contributed by atoms with van der Waals surface area (Å²) in [6.07, 6.45) is 0.928. The first-order valence-electron chi connectivity index (χ1n) is 5.61. The van der Waals surface area contributed by atoms with Crippen LogP contribution < -0.4 is 0 Å². The molecule has 2 amide bonds. The van der Waals surface area contributed by atoms with Gasteiger partial charge in [0.05, 0.1) is 6.04 Å². The third-order valence-electron chi connectivity index (χ3n) is 2.58. The zero-order chi connectivity index (χ0) is 13.2. The standard InChI is InChI=1S/C12H20N2O3/c1-6-10(15)14-7-9(8-14)13(5)11(16)17-12(2,3)4/h6,9H,1,7-8H2,2-5H3. The van der Waals surface area contributed by atoms with Crippen LogP contribution in [0.1, 0.15) is 20.8 Å². The summed E-state index contributed by atoms with van der Waals surface area (Å²) in [7, 11) is 1.69. The molecule has 17 heavy (non-hydrogen) atoms. The molecule has 0 aliphatic carbocycles. The Morgan fingerprint density at radius 3 is 2.35 bits per heavy atom. The summed E-state index contributed by atoms with van der Waals surface area (Å²) in [4.78, 5) is 26.1. The lowest BCUT2D eigenvalue weighted by Gasteiger charge is -2.43. The van der Waals surface area contributed by atoms with Crippen molar-refractivity contribution in [3.8, 4) is 0 Å². The first-order chi connectivity index (χ1) is 7.74. The molecule has 0 N–H and O–H groups in total. The van der Waals surface area contributed by atoms with Gasteiger partial charge in [0.1, 0.15) is 5.60 Å². The van der Waals surface area contributed by atoms with Crippen molar-refractivity contribution in [2.45, 2.75) is 32.4 Å². The van der Waals surface area contributed by atoms with Gasteiger partial charge in [0.2, 0.25) is 5.91 Å². The van der Waals surface area contributed by atoms with Crippen molar-refractivity contribution >= 4 is 12.0 Å². The van der Waals surface area contributed by atoms with Gasteiger partial charge < -0.3 is 14.5 Å². The van der Waals surface area contributed by atoms with Crippen LogP contribution >= 0.6 is 0 Å². The fraction of sp³-hybridized carbons (Fsp3) is 0.667. The molecule has 1 rings (SSSR count). The molecule has 5 heteroatoms. The number of ether oxygens (including phenoxy) is 1. The number of carbonyl (C=O) groups excluding carboxylic acids is 2. The van der Waals surface area contributed by atoms with Gasteiger partial charge in [0, 0.05) is 20.1 Å².